The summed E-state index contributed by atoms with van der Waals surface area (Å²) in [4.78, 5) is 39.9. The molecule has 27 heavy (non-hydrogen) atoms. The van der Waals surface area contributed by atoms with Crippen molar-refractivity contribution in [2.45, 2.75) is 11.7 Å². The van der Waals surface area contributed by atoms with Gasteiger partial charge in [-0.15, -0.1) is 6.58 Å². The number of Topliss-reactive ketones (excluding diaryl/α,β-unsaturated/α-hetero) is 1. The Bertz CT molecular complexity index is 1110. The first kappa shape index (κ1) is 18.5. The van der Waals surface area contributed by atoms with Gasteiger partial charge in [-0.3, -0.25) is 24.3 Å². The molecule has 0 saturated heterocycles. The van der Waals surface area contributed by atoms with Crippen molar-refractivity contribution >= 4 is 34.1 Å². The van der Waals surface area contributed by atoms with Crippen LogP contribution in [-0.2, 0) is 6.54 Å². The maximum Gasteiger partial charge on any atom is 0.270 e. The molecule has 0 bridgehead atoms. The molecule has 0 amide bonds. The molecule has 7 nitrogen and oxygen atoms in total. The lowest BCUT2D eigenvalue weighted by Gasteiger charge is -2.11. The average Bonchev–Trinajstić information content (AvgIpc) is 2.68. The highest BCUT2D eigenvalue weighted by Gasteiger charge is 2.15. The molecule has 0 atom stereocenters. The minimum Gasteiger partial charge on any atom is -0.293 e. The topological polar surface area (TPSA) is 95.1 Å². The molecule has 0 radical (unpaired) electrons. The normalized spacial score (nSPS) is 10.7. The summed E-state index contributed by atoms with van der Waals surface area (Å²) >= 11 is 1.12. The van der Waals surface area contributed by atoms with E-state index in [4.69, 9.17) is 0 Å². The van der Waals surface area contributed by atoms with E-state index in [-0.39, 0.29) is 34.9 Å². The minimum absolute atomic E-state index is 0.00307. The second-order valence-corrected chi connectivity index (χ2v) is 6.58. The number of nitrogens with zero attached hydrogens (tertiary/aromatic N) is 3. The van der Waals surface area contributed by atoms with Crippen LogP contribution in [0.4, 0.5) is 5.69 Å². The molecule has 3 rings (SSSR count). The zero-order valence-electron chi connectivity index (χ0n) is 14.2. The Kier molecular flexibility index (Phi) is 5.46. The number of benzene rings is 2. The molecular weight excluding hydrogens is 366 g/mol. The fourth-order valence-corrected chi connectivity index (χ4v) is 3.46. The van der Waals surface area contributed by atoms with Gasteiger partial charge in [0.25, 0.3) is 11.2 Å². The summed E-state index contributed by atoms with van der Waals surface area (Å²) in [5.41, 5.74) is 0.451. The van der Waals surface area contributed by atoms with Gasteiger partial charge in [0.05, 0.1) is 21.6 Å². The summed E-state index contributed by atoms with van der Waals surface area (Å²) in [6, 6.07) is 12.6. The van der Waals surface area contributed by atoms with Crippen molar-refractivity contribution in [1.82, 2.24) is 9.55 Å². The van der Waals surface area contributed by atoms with Gasteiger partial charge in [-0.05, 0) is 12.1 Å². The summed E-state index contributed by atoms with van der Waals surface area (Å²) in [7, 11) is 0. The van der Waals surface area contributed by atoms with E-state index < -0.39 is 4.92 Å². The van der Waals surface area contributed by atoms with Crippen molar-refractivity contribution in [3.8, 4) is 0 Å². The Hall–Kier alpha value is -3.26. The third-order valence-corrected chi connectivity index (χ3v) is 4.83. The standard InChI is InChI=1S/C19H15N3O4S/c1-2-10-21-18(24)15-8-3-4-9-16(15)20-19(21)27-12-17(23)13-6-5-7-14(11-13)22(25)26/h2-9,11H,1,10,12H2. The highest BCUT2D eigenvalue weighted by atomic mass is 32.2. The molecule has 0 aliphatic rings. The summed E-state index contributed by atoms with van der Waals surface area (Å²) < 4.78 is 1.46. The van der Waals surface area contributed by atoms with Crippen molar-refractivity contribution in [1.29, 1.82) is 0 Å². The van der Waals surface area contributed by atoms with Crippen molar-refractivity contribution in [3.05, 3.63) is 87.2 Å². The Morgan fingerprint density at radius 3 is 2.78 bits per heavy atom. The van der Waals surface area contributed by atoms with Crippen LogP contribution in [0.5, 0.6) is 0 Å². The number of carbonyl (C=O) groups excluding carboxylic acids is 1. The molecular formula is C19H15N3O4S. The second-order valence-electron chi connectivity index (χ2n) is 5.64. The summed E-state index contributed by atoms with van der Waals surface area (Å²) in [5.74, 6) is -0.278. The SMILES string of the molecule is C=CCn1c(SCC(=O)c2cccc([N+](=O)[O-])c2)nc2ccccc2c1=O. The molecule has 0 saturated carbocycles. The van der Waals surface area contributed by atoms with Crippen LogP contribution in [0.15, 0.2) is 71.1 Å². The van der Waals surface area contributed by atoms with Gasteiger partial charge in [-0.1, -0.05) is 42.1 Å². The predicted octanol–water partition coefficient (Wildman–Crippen LogP) is 3.47. The van der Waals surface area contributed by atoms with Crippen LogP contribution in [0.25, 0.3) is 10.9 Å². The number of para-hydroxylation sites is 1. The van der Waals surface area contributed by atoms with E-state index in [1.54, 1.807) is 30.3 Å². The number of nitro groups is 1. The first-order chi connectivity index (χ1) is 13.0. The average molecular weight is 381 g/mol. The van der Waals surface area contributed by atoms with Crippen LogP contribution in [0.2, 0.25) is 0 Å². The molecule has 0 fully saturated rings. The highest BCUT2D eigenvalue weighted by Crippen LogP contribution is 2.20. The molecule has 0 spiro atoms. The first-order valence-electron chi connectivity index (χ1n) is 8.02. The van der Waals surface area contributed by atoms with E-state index in [1.165, 1.54) is 28.8 Å². The van der Waals surface area contributed by atoms with Crippen LogP contribution < -0.4 is 5.56 Å². The maximum absolute atomic E-state index is 12.7. The zero-order valence-corrected chi connectivity index (χ0v) is 15.0. The number of thioether (sulfide) groups is 1. The van der Waals surface area contributed by atoms with E-state index in [9.17, 15) is 19.7 Å². The molecule has 0 unspecified atom stereocenters. The third kappa shape index (κ3) is 3.95. The fourth-order valence-electron chi connectivity index (χ4n) is 2.55. The highest BCUT2D eigenvalue weighted by molar-refractivity contribution is 7.99. The van der Waals surface area contributed by atoms with Gasteiger partial charge < -0.3 is 0 Å². The van der Waals surface area contributed by atoms with E-state index in [1.807, 2.05) is 0 Å². The number of nitro benzene ring substituents is 1. The molecule has 0 aliphatic heterocycles. The number of hydrogen-bond acceptors (Lipinski definition) is 6. The third-order valence-electron chi connectivity index (χ3n) is 3.85. The molecule has 136 valence electrons. The van der Waals surface area contributed by atoms with Gasteiger partial charge in [0.2, 0.25) is 0 Å². The van der Waals surface area contributed by atoms with Gasteiger partial charge >= 0.3 is 0 Å². The number of fused-ring (bicyclic) bond motifs is 1. The van der Waals surface area contributed by atoms with Crippen molar-refractivity contribution in [2.75, 3.05) is 5.75 Å². The van der Waals surface area contributed by atoms with E-state index >= 15 is 0 Å². The predicted molar refractivity (Wildman–Crippen MR) is 104 cm³/mol. The van der Waals surface area contributed by atoms with E-state index in [2.05, 4.69) is 11.6 Å². The summed E-state index contributed by atoms with van der Waals surface area (Å²) in [5, 5.41) is 11.8. The molecule has 0 N–H and O–H groups in total. The van der Waals surface area contributed by atoms with Crippen molar-refractivity contribution in [3.63, 3.8) is 0 Å². The Labute approximate surface area is 158 Å². The van der Waals surface area contributed by atoms with Gasteiger partial charge in [0.15, 0.2) is 10.9 Å². The zero-order chi connectivity index (χ0) is 19.4. The van der Waals surface area contributed by atoms with Gasteiger partial charge in [0, 0.05) is 24.2 Å². The van der Waals surface area contributed by atoms with Gasteiger partial charge in [-0.25, -0.2) is 4.98 Å². The molecule has 8 heteroatoms. The Balaban J connectivity index is 1.90. The number of non-ortho nitro benzene ring substituents is 1. The molecule has 3 aromatic rings. The number of hydrogen-bond donors (Lipinski definition) is 0. The van der Waals surface area contributed by atoms with E-state index in [0.29, 0.717) is 16.1 Å². The fraction of sp³-hybridized carbons (Fsp3) is 0.105. The van der Waals surface area contributed by atoms with Gasteiger partial charge in [-0.2, -0.15) is 0 Å². The number of carbonyl (C=O) groups is 1. The second kappa shape index (κ2) is 7.96. The Morgan fingerprint density at radius 1 is 1.26 bits per heavy atom. The summed E-state index contributed by atoms with van der Waals surface area (Å²) in [6.45, 7) is 3.93. The van der Waals surface area contributed by atoms with E-state index in [0.717, 1.165) is 11.8 Å². The van der Waals surface area contributed by atoms with Gasteiger partial charge in [0.1, 0.15) is 0 Å². The van der Waals surface area contributed by atoms with Crippen LogP contribution in [0.3, 0.4) is 0 Å². The quantitative estimate of drug-likeness (QED) is 0.155. The largest absolute Gasteiger partial charge is 0.293 e. The number of aromatic nitrogens is 2. The lowest BCUT2D eigenvalue weighted by molar-refractivity contribution is -0.384. The van der Waals surface area contributed by atoms with Crippen LogP contribution in [-0.4, -0.2) is 26.0 Å². The number of allylic oxidation sites excluding steroid dienone is 1. The molecule has 1 aromatic heterocycles. The van der Waals surface area contributed by atoms with Crippen LogP contribution >= 0.6 is 11.8 Å². The molecule has 2 aromatic carbocycles. The van der Waals surface area contributed by atoms with Crippen LogP contribution in [0, 0.1) is 10.1 Å². The molecule has 1 heterocycles. The number of ketones is 1. The minimum atomic E-state index is -0.545. The number of rotatable bonds is 7. The lowest BCUT2D eigenvalue weighted by Crippen LogP contribution is -2.23. The van der Waals surface area contributed by atoms with Crippen molar-refractivity contribution < 1.29 is 9.72 Å². The summed E-state index contributed by atoms with van der Waals surface area (Å²) in [6.07, 6.45) is 1.59. The lowest BCUT2D eigenvalue weighted by atomic mass is 10.1. The smallest absolute Gasteiger partial charge is 0.270 e. The molecule has 0 aliphatic carbocycles. The van der Waals surface area contributed by atoms with Crippen LogP contribution in [0.1, 0.15) is 10.4 Å². The maximum atomic E-state index is 12.7. The first-order valence-corrected chi connectivity index (χ1v) is 9.00. The Morgan fingerprint density at radius 2 is 2.04 bits per heavy atom. The van der Waals surface area contributed by atoms with Crippen molar-refractivity contribution in [2.24, 2.45) is 0 Å². The monoisotopic (exact) mass is 381 g/mol.